The van der Waals surface area contributed by atoms with Crippen molar-refractivity contribution in [3.8, 4) is 0 Å². The van der Waals surface area contributed by atoms with Crippen molar-refractivity contribution >= 4 is 52.1 Å². The van der Waals surface area contributed by atoms with E-state index in [1.165, 1.54) is 0 Å². The van der Waals surface area contributed by atoms with Gasteiger partial charge in [-0.25, -0.2) is 4.98 Å². The highest BCUT2D eigenvalue weighted by Crippen LogP contribution is 2.36. The van der Waals surface area contributed by atoms with E-state index in [1.54, 1.807) is 0 Å². The molecular weight excluding hydrogens is 279 g/mol. The van der Waals surface area contributed by atoms with Crippen LogP contribution in [0.15, 0.2) is 0 Å². The van der Waals surface area contributed by atoms with E-state index in [4.69, 9.17) is 34.8 Å². The fourth-order valence-corrected chi connectivity index (χ4v) is 1.99. The van der Waals surface area contributed by atoms with E-state index in [0.717, 1.165) is 16.5 Å². The van der Waals surface area contributed by atoms with Crippen LogP contribution in [-0.2, 0) is 15.0 Å². The number of hydrogen-bond acceptors (Lipinski definition) is 4. The molecule has 0 aliphatic carbocycles. The molecule has 0 unspecified atom stereocenters. The Bertz CT molecular complexity index is 348. The SMILES string of the molecule is CCC(=O)CCc1nc(C(Cl)(Cl)Cl)ns1. The molecule has 7 heteroatoms. The number of carbonyl (C=O) groups is 1. The van der Waals surface area contributed by atoms with Gasteiger partial charge in [0, 0.05) is 19.3 Å². The number of alkyl halides is 3. The van der Waals surface area contributed by atoms with Crippen molar-refractivity contribution in [3.05, 3.63) is 10.8 Å². The molecule has 1 rings (SSSR count). The number of rotatable bonds is 4. The lowest BCUT2D eigenvalue weighted by Crippen LogP contribution is -2.03. The zero-order valence-electron chi connectivity index (χ0n) is 7.97. The molecule has 84 valence electrons. The van der Waals surface area contributed by atoms with E-state index in [1.807, 2.05) is 6.92 Å². The van der Waals surface area contributed by atoms with Crippen molar-refractivity contribution in [2.24, 2.45) is 0 Å². The van der Waals surface area contributed by atoms with Gasteiger partial charge in [-0.3, -0.25) is 4.79 Å². The molecular formula is C8H9Cl3N2OS. The zero-order chi connectivity index (χ0) is 11.5. The van der Waals surface area contributed by atoms with Gasteiger partial charge in [0.2, 0.25) is 0 Å². The number of hydrogen-bond donors (Lipinski definition) is 0. The molecule has 0 fully saturated rings. The lowest BCUT2D eigenvalue weighted by Gasteiger charge is -2.03. The van der Waals surface area contributed by atoms with Crippen LogP contribution in [0.1, 0.15) is 30.6 Å². The number of carbonyl (C=O) groups excluding carboxylic acids is 1. The average Bonchev–Trinajstić information content (AvgIpc) is 2.61. The summed E-state index contributed by atoms with van der Waals surface area (Å²) in [6.45, 7) is 1.83. The maximum absolute atomic E-state index is 11.1. The topological polar surface area (TPSA) is 42.9 Å². The molecule has 0 bridgehead atoms. The number of halogens is 3. The standard InChI is InChI=1S/C8H9Cl3N2OS/c1-2-5(14)3-4-6-12-7(13-15-6)8(9,10)11/h2-4H2,1H3. The Hall–Kier alpha value is 0.1000. The van der Waals surface area contributed by atoms with Crippen molar-refractivity contribution in [2.45, 2.75) is 30.0 Å². The van der Waals surface area contributed by atoms with Crippen molar-refractivity contribution < 1.29 is 4.79 Å². The molecule has 0 saturated carbocycles. The van der Waals surface area contributed by atoms with Gasteiger partial charge in [-0.2, -0.15) is 4.37 Å². The summed E-state index contributed by atoms with van der Waals surface area (Å²) in [6.07, 6.45) is 1.56. The second-order valence-electron chi connectivity index (χ2n) is 2.90. The lowest BCUT2D eigenvalue weighted by atomic mass is 10.2. The van der Waals surface area contributed by atoms with Gasteiger partial charge in [-0.15, -0.1) is 0 Å². The van der Waals surface area contributed by atoms with Gasteiger partial charge < -0.3 is 0 Å². The summed E-state index contributed by atoms with van der Waals surface area (Å²) >= 11 is 18.0. The Labute approximate surface area is 107 Å². The van der Waals surface area contributed by atoms with Gasteiger partial charge in [0.1, 0.15) is 10.8 Å². The first-order valence-electron chi connectivity index (χ1n) is 4.35. The number of aromatic nitrogens is 2. The minimum absolute atomic E-state index is 0.177. The molecule has 0 atom stereocenters. The van der Waals surface area contributed by atoms with E-state index >= 15 is 0 Å². The van der Waals surface area contributed by atoms with Crippen LogP contribution in [0, 0.1) is 0 Å². The molecule has 0 radical (unpaired) electrons. The van der Waals surface area contributed by atoms with Crippen molar-refractivity contribution in [2.75, 3.05) is 0 Å². The lowest BCUT2D eigenvalue weighted by molar-refractivity contribution is -0.118. The molecule has 0 amide bonds. The van der Waals surface area contributed by atoms with Crippen molar-refractivity contribution in [1.29, 1.82) is 0 Å². The van der Waals surface area contributed by atoms with Gasteiger partial charge in [-0.05, 0) is 11.5 Å². The first-order chi connectivity index (χ1) is 6.93. The quantitative estimate of drug-likeness (QED) is 0.798. The van der Waals surface area contributed by atoms with Crippen LogP contribution in [0.2, 0.25) is 0 Å². The Morgan fingerprint density at radius 1 is 1.47 bits per heavy atom. The predicted molar refractivity (Wildman–Crippen MR) is 62.8 cm³/mol. The number of Topliss-reactive ketones (excluding diaryl/α,β-unsaturated/α-hetero) is 1. The van der Waals surface area contributed by atoms with Gasteiger partial charge in [0.25, 0.3) is 3.79 Å². The Balaban J connectivity index is 2.58. The Morgan fingerprint density at radius 2 is 2.13 bits per heavy atom. The predicted octanol–water partition coefficient (Wildman–Crippen LogP) is 3.28. The first-order valence-corrected chi connectivity index (χ1v) is 6.25. The van der Waals surface area contributed by atoms with Crippen LogP contribution in [0.25, 0.3) is 0 Å². The van der Waals surface area contributed by atoms with Crippen molar-refractivity contribution in [1.82, 2.24) is 9.36 Å². The minimum Gasteiger partial charge on any atom is -0.300 e. The molecule has 15 heavy (non-hydrogen) atoms. The van der Waals surface area contributed by atoms with E-state index in [9.17, 15) is 4.79 Å². The minimum atomic E-state index is -1.58. The average molecular weight is 288 g/mol. The maximum Gasteiger partial charge on any atom is 0.251 e. The second-order valence-corrected chi connectivity index (χ2v) is 6.02. The van der Waals surface area contributed by atoms with Crippen LogP contribution in [-0.4, -0.2) is 15.1 Å². The smallest absolute Gasteiger partial charge is 0.251 e. The van der Waals surface area contributed by atoms with Crippen LogP contribution in [0.5, 0.6) is 0 Å². The molecule has 0 aromatic carbocycles. The fraction of sp³-hybridized carbons (Fsp3) is 0.625. The van der Waals surface area contributed by atoms with Crippen LogP contribution in [0.3, 0.4) is 0 Å². The third-order valence-corrected chi connectivity index (χ3v) is 3.01. The molecule has 0 saturated heterocycles. The summed E-state index contributed by atoms with van der Waals surface area (Å²) in [7, 11) is 0. The summed E-state index contributed by atoms with van der Waals surface area (Å²) in [5, 5.41) is 0.720. The maximum atomic E-state index is 11.1. The molecule has 3 nitrogen and oxygen atoms in total. The molecule has 1 aromatic rings. The van der Waals surface area contributed by atoms with E-state index in [0.29, 0.717) is 19.3 Å². The summed E-state index contributed by atoms with van der Waals surface area (Å²) in [6, 6.07) is 0. The summed E-state index contributed by atoms with van der Waals surface area (Å²) < 4.78 is 2.33. The molecule has 0 aliphatic rings. The number of aryl methyl sites for hydroxylation is 1. The normalized spacial score (nSPS) is 11.7. The fourth-order valence-electron chi connectivity index (χ4n) is 0.895. The van der Waals surface area contributed by atoms with E-state index < -0.39 is 3.79 Å². The molecule has 0 N–H and O–H groups in total. The highest BCUT2D eigenvalue weighted by Gasteiger charge is 2.28. The largest absolute Gasteiger partial charge is 0.300 e. The first kappa shape index (κ1) is 13.2. The van der Waals surface area contributed by atoms with Gasteiger partial charge >= 0.3 is 0 Å². The van der Waals surface area contributed by atoms with Crippen molar-refractivity contribution in [3.63, 3.8) is 0 Å². The summed E-state index contributed by atoms with van der Waals surface area (Å²) in [4.78, 5) is 15.1. The summed E-state index contributed by atoms with van der Waals surface area (Å²) in [5.41, 5.74) is 0. The van der Waals surface area contributed by atoms with Gasteiger partial charge in [-0.1, -0.05) is 41.7 Å². The van der Waals surface area contributed by atoms with Gasteiger partial charge in [0.15, 0.2) is 5.82 Å². The molecule has 1 aromatic heterocycles. The van der Waals surface area contributed by atoms with Crippen LogP contribution < -0.4 is 0 Å². The molecule has 0 aliphatic heterocycles. The number of nitrogens with zero attached hydrogens (tertiary/aromatic N) is 2. The summed E-state index contributed by atoms with van der Waals surface area (Å²) in [5.74, 6) is 0.372. The third kappa shape index (κ3) is 4.23. The molecule has 0 spiro atoms. The third-order valence-electron chi connectivity index (χ3n) is 1.73. The van der Waals surface area contributed by atoms with Crippen LogP contribution in [0.4, 0.5) is 0 Å². The molecule has 1 heterocycles. The monoisotopic (exact) mass is 286 g/mol. The Morgan fingerprint density at radius 3 is 2.60 bits per heavy atom. The highest BCUT2D eigenvalue weighted by atomic mass is 35.6. The zero-order valence-corrected chi connectivity index (χ0v) is 11.1. The second kappa shape index (κ2) is 5.43. The van der Waals surface area contributed by atoms with E-state index in [2.05, 4.69) is 9.36 Å². The van der Waals surface area contributed by atoms with Crippen LogP contribution >= 0.6 is 46.3 Å². The number of ketones is 1. The highest BCUT2D eigenvalue weighted by molar-refractivity contribution is 7.05. The van der Waals surface area contributed by atoms with Gasteiger partial charge in [0.05, 0.1) is 0 Å². The van der Waals surface area contributed by atoms with E-state index in [-0.39, 0.29) is 11.6 Å². The Kier molecular flexibility index (Phi) is 4.77.